The van der Waals surface area contributed by atoms with E-state index in [0.29, 0.717) is 0 Å². The smallest absolute Gasteiger partial charge is 0.0681 e. The van der Waals surface area contributed by atoms with Crippen molar-refractivity contribution in [1.29, 1.82) is 0 Å². The van der Waals surface area contributed by atoms with Crippen molar-refractivity contribution in [3.63, 3.8) is 0 Å². The Bertz CT molecular complexity index is 287. The number of aliphatic hydroxyl groups excluding tert-OH is 1. The van der Waals surface area contributed by atoms with Gasteiger partial charge in [0.15, 0.2) is 0 Å². The molecule has 0 aliphatic rings. The van der Waals surface area contributed by atoms with Crippen LogP contribution in [0.5, 0.6) is 0 Å². The summed E-state index contributed by atoms with van der Waals surface area (Å²) in [6, 6.07) is 7.17. The monoisotopic (exact) mass is 195 g/mol. The van der Waals surface area contributed by atoms with Crippen LogP contribution in [-0.4, -0.2) is 15.9 Å². The summed E-state index contributed by atoms with van der Waals surface area (Å²) in [5.74, 6) is 0. The first-order chi connectivity index (χ1) is 6.45. The zero-order chi connectivity index (χ0) is 10.8. The Balaban J connectivity index is 2.87. The summed E-state index contributed by atoms with van der Waals surface area (Å²) in [7, 11) is 0. The third-order valence-electron chi connectivity index (χ3n) is 2.00. The summed E-state index contributed by atoms with van der Waals surface area (Å²) in [5.41, 5.74) is 1.26. The quantitative estimate of drug-likeness (QED) is 0.711. The Morgan fingerprint density at radius 1 is 1.14 bits per heavy atom. The number of nitrogens with zero attached hydrogens (tertiary/aromatic N) is 1. The highest BCUT2D eigenvalue weighted by molar-refractivity contribution is 5.46. The molecule has 1 aromatic carbocycles. The SMILES string of the molecule is CC(C)(C)N(O)c1ccc(CO)cc1. The fraction of sp³-hybridized carbons (Fsp3) is 0.455. The van der Waals surface area contributed by atoms with E-state index in [4.69, 9.17) is 5.11 Å². The van der Waals surface area contributed by atoms with E-state index in [-0.39, 0.29) is 12.1 Å². The molecule has 0 saturated heterocycles. The van der Waals surface area contributed by atoms with E-state index >= 15 is 0 Å². The molecular weight excluding hydrogens is 178 g/mol. The molecule has 3 nitrogen and oxygen atoms in total. The molecule has 0 aliphatic carbocycles. The molecule has 14 heavy (non-hydrogen) atoms. The minimum Gasteiger partial charge on any atom is -0.392 e. The molecule has 1 aromatic rings. The number of hydroxylamine groups is 1. The van der Waals surface area contributed by atoms with Crippen LogP contribution < -0.4 is 5.06 Å². The number of hydrogen-bond acceptors (Lipinski definition) is 3. The standard InChI is InChI=1S/C11H17NO2/c1-11(2,3)12(14)10-6-4-9(8-13)5-7-10/h4-7,13-14H,8H2,1-3H3. The van der Waals surface area contributed by atoms with E-state index in [1.807, 2.05) is 20.8 Å². The van der Waals surface area contributed by atoms with Crippen LogP contribution in [0, 0.1) is 0 Å². The zero-order valence-electron chi connectivity index (χ0n) is 8.86. The second kappa shape index (κ2) is 3.98. The van der Waals surface area contributed by atoms with Gasteiger partial charge in [-0.05, 0) is 38.5 Å². The lowest BCUT2D eigenvalue weighted by atomic mass is 10.1. The van der Waals surface area contributed by atoms with Crippen molar-refractivity contribution < 1.29 is 10.3 Å². The van der Waals surface area contributed by atoms with Crippen LogP contribution in [-0.2, 0) is 6.61 Å². The predicted molar refractivity (Wildman–Crippen MR) is 56.4 cm³/mol. The van der Waals surface area contributed by atoms with Crippen LogP contribution in [0.1, 0.15) is 26.3 Å². The molecule has 0 bridgehead atoms. The lowest BCUT2D eigenvalue weighted by molar-refractivity contribution is 0.181. The first-order valence-electron chi connectivity index (χ1n) is 4.64. The number of hydrogen-bond donors (Lipinski definition) is 2. The van der Waals surface area contributed by atoms with Gasteiger partial charge in [0.1, 0.15) is 0 Å². The maximum absolute atomic E-state index is 9.79. The predicted octanol–water partition coefficient (Wildman–Crippen LogP) is 2.17. The normalized spacial score (nSPS) is 11.5. The highest BCUT2D eigenvalue weighted by atomic mass is 16.5. The second-order valence-electron chi connectivity index (χ2n) is 4.31. The van der Waals surface area contributed by atoms with Crippen LogP contribution in [0.2, 0.25) is 0 Å². The molecule has 0 spiro atoms. The van der Waals surface area contributed by atoms with Gasteiger partial charge in [-0.25, -0.2) is 0 Å². The van der Waals surface area contributed by atoms with Gasteiger partial charge in [0, 0.05) is 0 Å². The summed E-state index contributed by atoms with van der Waals surface area (Å²) in [6.07, 6.45) is 0. The Morgan fingerprint density at radius 3 is 2.00 bits per heavy atom. The average Bonchev–Trinajstić information content (AvgIpc) is 2.15. The zero-order valence-corrected chi connectivity index (χ0v) is 8.86. The molecular formula is C11H17NO2. The highest BCUT2D eigenvalue weighted by Gasteiger charge is 2.19. The minimum atomic E-state index is -0.319. The van der Waals surface area contributed by atoms with Gasteiger partial charge in [-0.15, -0.1) is 0 Å². The number of rotatable bonds is 2. The molecule has 0 heterocycles. The third kappa shape index (κ3) is 2.47. The number of aliphatic hydroxyl groups is 1. The third-order valence-corrected chi connectivity index (χ3v) is 2.00. The maximum atomic E-state index is 9.79. The number of anilines is 1. The first-order valence-corrected chi connectivity index (χ1v) is 4.64. The highest BCUT2D eigenvalue weighted by Crippen LogP contribution is 2.21. The lowest BCUT2D eigenvalue weighted by Crippen LogP contribution is -2.38. The summed E-state index contributed by atoms with van der Waals surface area (Å²) >= 11 is 0. The summed E-state index contributed by atoms with van der Waals surface area (Å²) in [5, 5.41) is 19.9. The minimum absolute atomic E-state index is 0.0290. The Labute approximate surface area is 84.6 Å². The van der Waals surface area contributed by atoms with Gasteiger partial charge in [-0.1, -0.05) is 12.1 Å². The van der Waals surface area contributed by atoms with E-state index in [1.165, 1.54) is 5.06 Å². The Kier molecular flexibility index (Phi) is 3.13. The first kappa shape index (κ1) is 11.0. The molecule has 78 valence electrons. The maximum Gasteiger partial charge on any atom is 0.0681 e. The van der Waals surface area contributed by atoms with Crippen LogP contribution in [0.25, 0.3) is 0 Å². The lowest BCUT2D eigenvalue weighted by Gasteiger charge is -2.31. The van der Waals surface area contributed by atoms with E-state index in [9.17, 15) is 5.21 Å². The summed E-state index contributed by atoms with van der Waals surface area (Å²) in [4.78, 5) is 0. The van der Waals surface area contributed by atoms with E-state index in [1.54, 1.807) is 24.3 Å². The molecule has 1 rings (SSSR count). The van der Waals surface area contributed by atoms with Gasteiger partial charge < -0.3 is 5.11 Å². The van der Waals surface area contributed by atoms with Crippen molar-refractivity contribution in [1.82, 2.24) is 0 Å². The molecule has 0 radical (unpaired) electrons. The number of benzene rings is 1. The fourth-order valence-electron chi connectivity index (χ4n) is 1.13. The average molecular weight is 195 g/mol. The molecule has 0 fully saturated rings. The Hall–Kier alpha value is -1.06. The molecule has 0 amide bonds. The second-order valence-corrected chi connectivity index (χ2v) is 4.31. The van der Waals surface area contributed by atoms with Crippen molar-refractivity contribution in [3.8, 4) is 0 Å². The van der Waals surface area contributed by atoms with Gasteiger partial charge in [-0.2, -0.15) is 0 Å². The molecule has 0 aliphatic heterocycles. The molecule has 2 N–H and O–H groups in total. The summed E-state index contributed by atoms with van der Waals surface area (Å²) in [6.45, 7) is 5.80. The van der Waals surface area contributed by atoms with Crippen molar-refractivity contribution in [2.45, 2.75) is 32.9 Å². The Morgan fingerprint density at radius 2 is 1.64 bits per heavy atom. The van der Waals surface area contributed by atoms with Gasteiger partial charge in [0.2, 0.25) is 0 Å². The molecule has 0 aromatic heterocycles. The van der Waals surface area contributed by atoms with E-state index < -0.39 is 0 Å². The van der Waals surface area contributed by atoms with Crippen molar-refractivity contribution in [3.05, 3.63) is 29.8 Å². The van der Waals surface area contributed by atoms with Crippen molar-refractivity contribution in [2.24, 2.45) is 0 Å². The molecule has 0 atom stereocenters. The van der Waals surface area contributed by atoms with Gasteiger partial charge in [0.05, 0.1) is 17.8 Å². The van der Waals surface area contributed by atoms with Gasteiger partial charge in [0.25, 0.3) is 0 Å². The largest absolute Gasteiger partial charge is 0.392 e. The van der Waals surface area contributed by atoms with Crippen molar-refractivity contribution in [2.75, 3.05) is 5.06 Å². The molecule has 0 saturated carbocycles. The molecule has 0 unspecified atom stereocenters. The van der Waals surface area contributed by atoms with E-state index in [0.717, 1.165) is 11.3 Å². The van der Waals surface area contributed by atoms with E-state index in [2.05, 4.69) is 0 Å². The fourth-order valence-corrected chi connectivity index (χ4v) is 1.13. The van der Waals surface area contributed by atoms with Crippen LogP contribution >= 0.6 is 0 Å². The van der Waals surface area contributed by atoms with Crippen LogP contribution in [0.4, 0.5) is 5.69 Å². The van der Waals surface area contributed by atoms with Crippen LogP contribution in [0.15, 0.2) is 24.3 Å². The van der Waals surface area contributed by atoms with Gasteiger partial charge >= 0.3 is 0 Å². The van der Waals surface area contributed by atoms with Crippen LogP contribution in [0.3, 0.4) is 0 Å². The molecule has 3 heteroatoms. The van der Waals surface area contributed by atoms with Gasteiger partial charge in [-0.3, -0.25) is 10.3 Å². The topological polar surface area (TPSA) is 43.7 Å². The summed E-state index contributed by atoms with van der Waals surface area (Å²) < 4.78 is 0. The van der Waals surface area contributed by atoms with Crippen molar-refractivity contribution >= 4 is 5.69 Å².